The molecule has 5 nitrogen and oxygen atoms in total. The van der Waals surface area contributed by atoms with Crippen LogP contribution in [0.5, 0.6) is 0 Å². The standard InChI is InChI=1S/C16H27N5/c17-13-7-5-12(6-8-13)15-19-16-18-10-9-14(21(16)20-15)11-3-1-2-4-11/h11-14H,1-10,17H2,(H,18,19,20). The first-order chi connectivity index (χ1) is 10.3. The first-order valence-corrected chi connectivity index (χ1v) is 8.77. The molecule has 0 radical (unpaired) electrons. The highest BCUT2D eigenvalue weighted by molar-refractivity contribution is 5.29. The van der Waals surface area contributed by atoms with Crippen LogP contribution in [0.3, 0.4) is 0 Å². The number of nitrogens with one attached hydrogen (secondary N) is 1. The van der Waals surface area contributed by atoms with E-state index in [1.165, 1.54) is 32.1 Å². The quantitative estimate of drug-likeness (QED) is 0.878. The highest BCUT2D eigenvalue weighted by Gasteiger charge is 2.33. The van der Waals surface area contributed by atoms with Gasteiger partial charge in [0.1, 0.15) is 0 Å². The monoisotopic (exact) mass is 289 g/mol. The van der Waals surface area contributed by atoms with Crippen LogP contribution in [0.15, 0.2) is 0 Å². The molecule has 2 saturated carbocycles. The van der Waals surface area contributed by atoms with Gasteiger partial charge in [-0.05, 0) is 50.9 Å². The summed E-state index contributed by atoms with van der Waals surface area (Å²) >= 11 is 0. The van der Waals surface area contributed by atoms with E-state index in [2.05, 4.69) is 10.00 Å². The number of hydrogen-bond donors (Lipinski definition) is 2. The number of nitrogens with two attached hydrogens (primary N) is 1. The van der Waals surface area contributed by atoms with E-state index in [9.17, 15) is 0 Å². The van der Waals surface area contributed by atoms with Crippen LogP contribution in [-0.4, -0.2) is 27.4 Å². The van der Waals surface area contributed by atoms with Crippen molar-refractivity contribution in [1.29, 1.82) is 0 Å². The first-order valence-electron chi connectivity index (χ1n) is 8.77. The van der Waals surface area contributed by atoms with Gasteiger partial charge in [-0.1, -0.05) is 12.8 Å². The highest BCUT2D eigenvalue weighted by Crippen LogP contribution is 2.40. The third kappa shape index (κ3) is 2.56. The smallest absolute Gasteiger partial charge is 0.221 e. The van der Waals surface area contributed by atoms with E-state index in [4.69, 9.17) is 15.8 Å². The van der Waals surface area contributed by atoms with Gasteiger partial charge >= 0.3 is 0 Å². The van der Waals surface area contributed by atoms with Crippen LogP contribution in [0.2, 0.25) is 0 Å². The van der Waals surface area contributed by atoms with E-state index in [1.54, 1.807) is 0 Å². The van der Waals surface area contributed by atoms with E-state index < -0.39 is 0 Å². The van der Waals surface area contributed by atoms with Gasteiger partial charge in [0.15, 0.2) is 5.82 Å². The average Bonchev–Trinajstić information content (AvgIpc) is 3.17. The maximum absolute atomic E-state index is 6.02. The summed E-state index contributed by atoms with van der Waals surface area (Å²) in [6, 6.07) is 0.971. The highest BCUT2D eigenvalue weighted by atomic mass is 15.4. The lowest BCUT2D eigenvalue weighted by atomic mass is 9.86. The van der Waals surface area contributed by atoms with Crippen molar-refractivity contribution < 1.29 is 0 Å². The van der Waals surface area contributed by atoms with Gasteiger partial charge in [0.25, 0.3) is 0 Å². The minimum absolute atomic E-state index is 0.392. The molecule has 116 valence electrons. The lowest BCUT2D eigenvalue weighted by Crippen LogP contribution is -2.28. The normalized spacial score (nSPS) is 33.7. The largest absolute Gasteiger partial charge is 0.354 e. The number of hydrogen-bond acceptors (Lipinski definition) is 4. The second kappa shape index (κ2) is 5.59. The summed E-state index contributed by atoms with van der Waals surface area (Å²) in [6.07, 6.45) is 11.3. The Kier molecular flexibility index (Phi) is 3.61. The second-order valence-corrected chi connectivity index (χ2v) is 7.18. The van der Waals surface area contributed by atoms with Crippen molar-refractivity contribution in [3.63, 3.8) is 0 Å². The average molecular weight is 289 g/mol. The van der Waals surface area contributed by atoms with Crippen molar-refractivity contribution in [2.24, 2.45) is 11.7 Å². The van der Waals surface area contributed by atoms with Gasteiger partial charge in [0.2, 0.25) is 5.95 Å². The topological polar surface area (TPSA) is 68.8 Å². The maximum Gasteiger partial charge on any atom is 0.221 e. The molecular formula is C16H27N5. The predicted molar refractivity (Wildman–Crippen MR) is 83.3 cm³/mol. The van der Waals surface area contributed by atoms with Gasteiger partial charge in [0, 0.05) is 18.5 Å². The molecule has 1 unspecified atom stereocenters. The molecule has 21 heavy (non-hydrogen) atoms. The summed E-state index contributed by atoms with van der Waals surface area (Å²) in [6.45, 7) is 1.05. The third-order valence-corrected chi connectivity index (χ3v) is 5.77. The first kappa shape index (κ1) is 13.6. The summed E-state index contributed by atoms with van der Waals surface area (Å²) in [5, 5.41) is 8.38. The molecule has 3 aliphatic rings. The van der Waals surface area contributed by atoms with Crippen molar-refractivity contribution in [2.45, 2.75) is 75.8 Å². The zero-order valence-corrected chi connectivity index (χ0v) is 12.8. The molecule has 2 fully saturated rings. The van der Waals surface area contributed by atoms with Gasteiger partial charge in [-0.15, -0.1) is 0 Å². The maximum atomic E-state index is 6.02. The Bertz CT molecular complexity index is 483. The van der Waals surface area contributed by atoms with Crippen LogP contribution in [0.4, 0.5) is 5.95 Å². The summed E-state index contributed by atoms with van der Waals surface area (Å²) in [4.78, 5) is 4.82. The SMILES string of the molecule is NC1CCC(c2nc3n(n2)C(C2CCCC2)CCN3)CC1. The van der Waals surface area contributed by atoms with Crippen LogP contribution in [0.25, 0.3) is 0 Å². The Morgan fingerprint density at radius 3 is 2.52 bits per heavy atom. The molecule has 0 spiro atoms. The molecular weight excluding hydrogens is 262 g/mol. The fraction of sp³-hybridized carbons (Fsp3) is 0.875. The van der Waals surface area contributed by atoms with Crippen molar-refractivity contribution >= 4 is 5.95 Å². The molecule has 0 saturated heterocycles. The number of fused-ring (bicyclic) bond motifs is 1. The van der Waals surface area contributed by atoms with Crippen LogP contribution >= 0.6 is 0 Å². The summed E-state index contributed by atoms with van der Waals surface area (Å²) < 4.78 is 2.23. The molecule has 2 heterocycles. The van der Waals surface area contributed by atoms with E-state index in [1.807, 2.05) is 0 Å². The third-order valence-electron chi connectivity index (χ3n) is 5.77. The van der Waals surface area contributed by atoms with E-state index >= 15 is 0 Å². The van der Waals surface area contributed by atoms with Crippen molar-refractivity contribution in [3.05, 3.63) is 5.82 Å². The fourth-order valence-electron chi connectivity index (χ4n) is 4.47. The molecule has 2 aliphatic carbocycles. The number of aromatic nitrogens is 3. The van der Waals surface area contributed by atoms with E-state index in [0.717, 1.165) is 49.9 Å². The Balaban J connectivity index is 1.55. The fourth-order valence-corrected chi connectivity index (χ4v) is 4.47. The van der Waals surface area contributed by atoms with Crippen LogP contribution in [0.1, 0.15) is 75.6 Å². The molecule has 1 aromatic heterocycles. The molecule has 1 atom stereocenters. The number of anilines is 1. The number of nitrogens with zero attached hydrogens (tertiary/aromatic N) is 3. The molecule has 1 aliphatic heterocycles. The van der Waals surface area contributed by atoms with Crippen LogP contribution in [0, 0.1) is 5.92 Å². The molecule has 0 aromatic carbocycles. The zero-order valence-electron chi connectivity index (χ0n) is 12.8. The zero-order chi connectivity index (χ0) is 14.2. The summed E-state index contributed by atoms with van der Waals surface area (Å²) in [7, 11) is 0. The second-order valence-electron chi connectivity index (χ2n) is 7.18. The Labute approximate surface area is 126 Å². The van der Waals surface area contributed by atoms with Crippen LogP contribution < -0.4 is 11.1 Å². The summed E-state index contributed by atoms with van der Waals surface area (Å²) in [5.41, 5.74) is 6.02. The molecule has 0 amide bonds. The summed E-state index contributed by atoms with van der Waals surface area (Å²) in [5.74, 6) is 3.42. The van der Waals surface area contributed by atoms with Gasteiger partial charge in [0.05, 0.1) is 6.04 Å². The van der Waals surface area contributed by atoms with E-state index in [-0.39, 0.29) is 0 Å². The molecule has 0 bridgehead atoms. The minimum atomic E-state index is 0.392. The Hall–Kier alpha value is -1.10. The lowest BCUT2D eigenvalue weighted by Gasteiger charge is -2.29. The van der Waals surface area contributed by atoms with Gasteiger partial charge in [-0.2, -0.15) is 10.1 Å². The van der Waals surface area contributed by atoms with E-state index in [0.29, 0.717) is 18.0 Å². The van der Waals surface area contributed by atoms with Gasteiger partial charge < -0.3 is 11.1 Å². The number of rotatable bonds is 2. The Morgan fingerprint density at radius 1 is 1.00 bits per heavy atom. The molecule has 5 heteroatoms. The van der Waals surface area contributed by atoms with Gasteiger partial charge in [-0.3, -0.25) is 0 Å². The van der Waals surface area contributed by atoms with Crippen molar-refractivity contribution in [1.82, 2.24) is 14.8 Å². The Morgan fingerprint density at radius 2 is 1.76 bits per heavy atom. The van der Waals surface area contributed by atoms with Crippen LogP contribution in [-0.2, 0) is 0 Å². The minimum Gasteiger partial charge on any atom is -0.354 e. The predicted octanol–water partition coefficient (Wildman–Crippen LogP) is 2.81. The van der Waals surface area contributed by atoms with Crippen molar-refractivity contribution in [3.8, 4) is 0 Å². The van der Waals surface area contributed by atoms with Crippen molar-refractivity contribution in [2.75, 3.05) is 11.9 Å². The van der Waals surface area contributed by atoms with Gasteiger partial charge in [-0.25, -0.2) is 4.68 Å². The molecule has 1 aromatic rings. The molecule has 4 rings (SSSR count). The molecule has 3 N–H and O–H groups in total. The lowest BCUT2D eigenvalue weighted by molar-refractivity contribution is 0.286.